The number of pyridine rings is 1. The molecular weight excluding hydrogens is 440 g/mol. The number of fused-ring (bicyclic) bond motifs is 2. The third-order valence-electron chi connectivity index (χ3n) is 7.61. The first kappa shape index (κ1) is 21.8. The van der Waals surface area contributed by atoms with Crippen LogP contribution in [0.1, 0.15) is 44.6 Å². The Kier molecular flexibility index (Phi) is 5.12. The van der Waals surface area contributed by atoms with Crippen LogP contribution in [0, 0.1) is 16.7 Å². The van der Waals surface area contributed by atoms with Crippen molar-refractivity contribution in [3.8, 4) is 11.4 Å². The maximum Gasteiger partial charge on any atom is 0.233 e. The number of carbonyl (C=O) groups is 1. The van der Waals surface area contributed by atoms with Crippen molar-refractivity contribution >= 4 is 21.5 Å². The summed E-state index contributed by atoms with van der Waals surface area (Å²) in [6, 6.07) is 10.7. The molecule has 8 nitrogen and oxygen atoms in total. The molecule has 2 heterocycles. The first-order valence-electron chi connectivity index (χ1n) is 11.0. The third kappa shape index (κ3) is 3.74. The molecule has 2 fully saturated rings. The highest BCUT2D eigenvalue weighted by Gasteiger charge is 2.65. The van der Waals surface area contributed by atoms with Gasteiger partial charge in [0.05, 0.1) is 23.3 Å². The van der Waals surface area contributed by atoms with Crippen molar-refractivity contribution in [1.82, 2.24) is 15.1 Å². The van der Waals surface area contributed by atoms with Gasteiger partial charge in [-0.25, -0.2) is 8.42 Å². The van der Waals surface area contributed by atoms with E-state index in [0.717, 1.165) is 12.0 Å². The quantitative estimate of drug-likeness (QED) is 0.562. The average molecular weight is 467 g/mol. The minimum Gasteiger partial charge on any atom is -0.339 e. The zero-order valence-corrected chi connectivity index (χ0v) is 19.4. The summed E-state index contributed by atoms with van der Waals surface area (Å²) in [5.41, 5.74) is 0.822. The van der Waals surface area contributed by atoms with Gasteiger partial charge in [-0.1, -0.05) is 37.2 Å². The number of para-hydroxylation sites is 1. The molecule has 0 saturated heterocycles. The molecule has 1 N–H and O–H groups in total. The van der Waals surface area contributed by atoms with Crippen LogP contribution in [-0.2, 0) is 21.2 Å². The molecule has 5 rings (SSSR count). The Morgan fingerprint density at radius 1 is 1.15 bits per heavy atom. The van der Waals surface area contributed by atoms with Gasteiger partial charge in [-0.15, -0.1) is 0 Å². The topological polar surface area (TPSA) is 115 Å². The van der Waals surface area contributed by atoms with Gasteiger partial charge in [0.1, 0.15) is 5.78 Å². The number of benzene rings is 1. The summed E-state index contributed by atoms with van der Waals surface area (Å²) in [5.74, 6) is 0.972. The second-order valence-corrected chi connectivity index (χ2v) is 11.3. The summed E-state index contributed by atoms with van der Waals surface area (Å²) < 4.78 is 34.6. The Morgan fingerprint density at radius 3 is 2.61 bits per heavy atom. The third-order valence-corrected chi connectivity index (χ3v) is 9.01. The minimum absolute atomic E-state index is 0.0805. The number of sulfonamides is 1. The van der Waals surface area contributed by atoms with Crippen molar-refractivity contribution in [2.75, 3.05) is 10.5 Å². The number of carbonyl (C=O) groups excluding carboxylic acids is 1. The van der Waals surface area contributed by atoms with E-state index in [-0.39, 0.29) is 29.3 Å². The standard InChI is InChI=1S/C24H26N4O4S/c1-23(2)18-7-10-24(23,20(29)14-18)15-33(30,31)28-19-6-4-3-5-17(19)13-21-26-22(27-32-21)16-8-11-25-12-9-16/h3-6,8-9,11-12,18,28H,7,10,13-15H2,1-2H3. The Balaban J connectivity index is 1.36. The van der Waals surface area contributed by atoms with Gasteiger partial charge in [0.2, 0.25) is 21.7 Å². The predicted molar refractivity (Wildman–Crippen MR) is 123 cm³/mol. The first-order valence-corrected chi connectivity index (χ1v) is 12.7. The molecule has 3 aromatic rings. The Hall–Kier alpha value is -3.07. The molecule has 2 bridgehead atoms. The summed E-state index contributed by atoms with van der Waals surface area (Å²) in [4.78, 5) is 21.2. The predicted octanol–water partition coefficient (Wildman–Crippen LogP) is 3.86. The van der Waals surface area contributed by atoms with Crippen LogP contribution in [0.4, 0.5) is 5.69 Å². The maximum atomic E-state index is 13.2. The summed E-state index contributed by atoms with van der Waals surface area (Å²) in [6.45, 7) is 4.07. The van der Waals surface area contributed by atoms with Crippen LogP contribution in [0.3, 0.4) is 0 Å². The van der Waals surface area contributed by atoms with Gasteiger partial charge in [0.15, 0.2) is 0 Å². The molecule has 2 aromatic heterocycles. The lowest BCUT2D eigenvalue weighted by atomic mass is 9.70. The van der Waals surface area contributed by atoms with Crippen molar-refractivity contribution in [2.24, 2.45) is 16.7 Å². The van der Waals surface area contributed by atoms with E-state index in [2.05, 4.69) is 19.8 Å². The van der Waals surface area contributed by atoms with Crippen LogP contribution in [0.25, 0.3) is 11.4 Å². The molecule has 2 aliphatic rings. The number of aromatic nitrogens is 3. The number of hydrogen-bond acceptors (Lipinski definition) is 7. The van der Waals surface area contributed by atoms with E-state index in [0.29, 0.717) is 35.8 Å². The lowest BCUT2D eigenvalue weighted by Crippen LogP contribution is -2.43. The van der Waals surface area contributed by atoms with Crippen LogP contribution in [0.5, 0.6) is 0 Å². The lowest BCUT2D eigenvalue weighted by Gasteiger charge is -2.36. The molecule has 172 valence electrons. The fourth-order valence-corrected chi connectivity index (χ4v) is 7.45. The van der Waals surface area contributed by atoms with E-state index in [1.54, 1.807) is 36.7 Å². The summed E-state index contributed by atoms with van der Waals surface area (Å²) in [7, 11) is -3.76. The molecular formula is C24H26N4O4S. The van der Waals surface area contributed by atoms with Crippen molar-refractivity contribution in [2.45, 2.75) is 39.5 Å². The fraction of sp³-hybridized carbons (Fsp3) is 0.417. The molecule has 2 saturated carbocycles. The van der Waals surface area contributed by atoms with Gasteiger partial charge in [-0.3, -0.25) is 14.5 Å². The highest BCUT2D eigenvalue weighted by atomic mass is 32.2. The van der Waals surface area contributed by atoms with Gasteiger partial charge in [-0.2, -0.15) is 4.98 Å². The van der Waals surface area contributed by atoms with Gasteiger partial charge in [0.25, 0.3) is 0 Å². The SMILES string of the molecule is CC1(C)C2CCC1(CS(=O)(=O)Nc1ccccc1Cc1nc(-c3ccncc3)no1)C(=O)C2. The largest absolute Gasteiger partial charge is 0.339 e. The van der Waals surface area contributed by atoms with Gasteiger partial charge in [-0.05, 0) is 47.9 Å². The van der Waals surface area contributed by atoms with Gasteiger partial charge in [0, 0.05) is 24.4 Å². The van der Waals surface area contributed by atoms with E-state index in [1.165, 1.54) is 0 Å². The monoisotopic (exact) mass is 466 g/mol. The lowest BCUT2D eigenvalue weighted by molar-refractivity contribution is -0.128. The summed E-state index contributed by atoms with van der Waals surface area (Å²) in [6.07, 6.45) is 5.59. The second kappa shape index (κ2) is 7.76. The summed E-state index contributed by atoms with van der Waals surface area (Å²) in [5, 5.41) is 4.01. The van der Waals surface area contributed by atoms with Gasteiger partial charge < -0.3 is 4.52 Å². The fourth-order valence-electron chi connectivity index (χ4n) is 5.52. The van der Waals surface area contributed by atoms with Crippen LogP contribution in [0.2, 0.25) is 0 Å². The van der Waals surface area contributed by atoms with E-state index in [4.69, 9.17) is 4.52 Å². The zero-order valence-electron chi connectivity index (χ0n) is 18.6. The highest BCUT2D eigenvalue weighted by molar-refractivity contribution is 7.92. The summed E-state index contributed by atoms with van der Waals surface area (Å²) >= 11 is 0. The normalized spacial score (nSPS) is 23.7. The Morgan fingerprint density at radius 2 is 1.91 bits per heavy atom. The molecule has 2 unspecified atom stereocenters. The number of hydrogen-bond donors (Lipinski definition) is 1. The number of rotatable bonds is 7. The van der Waals surface area contributed by atoms with Crippen molar-refractivity contribution in [1.29, 1.82) is 0 Å². The minimum atomic E-state index is -3.76. The van der Waals surface area contributed by atoms with Crippen LogP contribution in [-0.4, -0.2) is 35.1 Å². The molecule has 33 heavy (non-hydrogen) atoms. The molecule has 9 heteroatoms. The van der Waals surface area contributed by atoms with Gasteiger partial charge >= 0.3 is 0 Å². The molecule has 0 spiro atoms. The van der Waals surface area contributed by atoms with Crippen molar-refractivity contribution in [3.05, 3.63) is 60.2 Å². The van der Waals surface area contributed by atoms with E-state index in [9.17, 15) is 13.2 Å². The Bertz CT molecular complexity index is 1300. The van der Waals surface area contributed by atoms with Crippen molar-refractivity contribution in [3.63, 3.8) is 0 Å². The molecule has 0 radical (unpaired) electrons. The highest BCUT2D eigenvalue weighted by Crippen LogP contribution is 2.64. The second-order valence-electron chi connectivity index (χ2n) is 9.61. The Labute approximate surface area is 192 Å². The molecule has 0 amide bonds. The van der Waals surface area contributed by atoms with Crippen LogP contribution < -0.4 is 4.72 Å². The van der Waals surface area contributed by atoms with E-state index >= 15 is 0 Å². The van der Waals surface area contributed by atoms with Crippen LogP contribution in [0.15, 0.2) is 53.3 Å². The smallest absolute Gasteiger partial charge is 0.233 e. The average Bonchev–Trinajstić information content (AvgIpc) is 3.38. The molecule has 1 aromatic carbocycles. The number of nitrogens with zero attached hydrogens (tertiary/aromatic N) is 3. The first-order chi connectivity index (χ1) is 15.7. The number of nitrogens with one attached hydrogen (secondary N) is 1. The van der Waals surface area contributed by atoms with E-state index in [1.807, 2.05) is 26.0 Å². The maximum absolute atomic E-state index is 13.2. The number of ketones is 1. The van der Waals surface area contributed by atoms with Crippen LogP contribution >= 0.6 is 0 Å². The molecule has 2 atom stereocenters. The number of Topliss-reactive ketones (excluding diaryl/α,β-unsaturated/α-hetero) is 1. The zero-order chi connectivity index (χ0) is 23.3. The van der Waals surface area contributed by atoms with E-state index < -0.39 is 15.4 Å². The molecule has 2 aliphatic carbocycles. The number of anilines is 1. The van der Waals surface area contributed by atoms with Crippen molar-refractivity contribution < 1.29 is 17.7 Å². The molecule has 0 aliphatic heterocycles.